The lowest BCUT2D eigenvalue weighted by atomic mass is 10.1. The molecule has 2 aromatic rings. The molecule has 2 aliphatic rings. The Kier molecular flexibility index (Phi) is 6.25. The van der Waals surface area contributed by atoms with Crippen molar-refractivity contribution < 1.29 is 23.9 Å². The molecule has 172 valence electrons. The van der Waals surface area contributed by atoms with Crippen molar-refractivity contribution in [1.29, 1.82) is 0 Å². The lowest BCUT2D eigenvalue weighted by Crippen LogP contribution is -2.35. The Morgan fingerprint density at radius 1 is 1.36 bits per heavy atom. The summed E-state index contributed by atoms with van der Waals surface area (Å²) in [6.07, 6.45) is 5.32. The number of benzene rings is 1. The summed E-state index contributed by atoms with van der Waals surface area (Å²) < 4.78 is 12.8. The number of nitrogens with zero attached hydrogens (tertiary/aromatic N) is 4. The summed E-state index contributed by atoms with van der Waals surface area (Å²) in [7, 11) is 3.18. The summed E-state index contributed by atoms with van der Waals surface area (Å²) in [6, 6.07) is 3.24. The maximum absolute atomic E-state index is 13.0. The van der Waals surface area contributed by atoms with E-state index in [9.17, 15) is 14.4 Å². The zero-order valence-corrected chi connectivity index (χ0v) is 18.5. The number of aliphatic imine (C=N–C) groups is 1. The van der Waals surface area contributed by atoms with Crippen LogP contribution < -0.4 is 14.8 Å². The summed E-state index contributed by atoms with van der Waals surface area (Å²) in [5.74, 6) is 1.09. The van der Waals surface area contributed by atoms with Crippen LogP contribution in [-0.2, 0) is 11.8 Å². The van der Waals surface area contributed by atoms with Gasteiger partial charge in [0.05, 0.1) is 31.0 Å². The van der Waals surface area contributed by atoms with Crippen LogP contribution in [0.25, 0.3) is 0 Å². The molecule has 1 aromatic heterocycles. The number of imidazole rings is 1. The number of carbonyl (C=O) groups excluding carboxylic acids is 3. The predicted molar refractivity (Wildman–Crippen MR) is 122 cm³/mol. The third-order valence-electron chi connectivity index (χ3n) is 5.54. The van der Waals surface area contributed by atoms with Gasteiger partial charge in [0.15, 0.2) is 29.4 Å². The predicted octanol–water partition coefficient (Wildman–Crippen LogP) is 2.53. The first-order valence-corrected chi connectivity index (χ1v) is 10.5. The summed E-state index contributed by atoms with van der Waals surface area (Å²) >= 11 is 0. The fourth-order valence-corrected chi connectivity index (χ4v) is 3.88. The number of aromatic nitrogens is 2. The molecule has 1 atom stereocenters. The first-order valence-electron chi connectivity index (χ1n) is 10.5. The summed E-state index contributed by atoms with van der Waals surface area (Å²) in [5.41, 5.74) is 1.98. The standard InChI is InChI=1S/C23H25N5O5/c1-14-7-15-10-24-17-9-19(18(32-3)8-16(17)23(31)28(15)11-14)33-6-4-5-22(30)26-20-12-27(2)21(13-29)25-20/h8-10,12-13,15H,1,4-7,11H2,2-3H3,(H,26,30). The molecular weight excluding hydrogens is 426 g/mol. The number of nitrogens with one attached hydrogen (secondary N) is 1. The second-order valence-electron chi connectivity index (χ2n) is 7.97. The van der Waals surface area contributed by atoms with Gasteiger partial charge in [0.1, 0.15) is 0 Å². The van der Waals surface area contributed by atoms with Crippen LogP contribution in [0.1, 0.15) is 40.2 Å². The highest BCUT2D eigenvalue weighted by Crippen LogP contribution is 2.38. The van der Waals surface area contributed by atoms with Crippen molar-refractivity contribution >= 4 is 35.8 Å². The molecule has 0 spiro atoms. The van der Waals surface area contributed by atoms with Crippen LogP contribution in [-0.4, -0.2) is 65.1 Å². The highest BCUT2D eigenvalue weighted by atomic mass is 16.5. The molecule has 1 aromatic carbocycles. The molecular formula is C23H25N5O5. The number of ether oxygens (including phenoxy) is 2. The molecule has 1 saturated heterocycles. The van der Waals surface area contributed by atoms with Crippen LogP contribution >= 0.6 is 0 Å². The van der Waals surface area contributed by atoms with Gasteiger partial charge in [0.25, 0.3) is 5.91 Å². The molecule has 1 N–H and O–H groups in total. The number of amides is 2. The second kappa shape index (κ2) is 9.27. The fourth-order valence-electron chi connectivity index (χ4n) is 3.88. The number of hydrogen-bond acceptors (Lipinski definition) is 7. The largest absolute Gasteiger partial charge is 0.493 e. The average molecular weight is 451 g/mol. The third-order valence-corrected chi connectivity index (χ3v) is 5.54. The van der Waals surface area contributed by atoms with Crippen LogP contribution in [0.4, 0.5) is 11.5 Å². The smallest absolute Gasteiger partial charge is 0.257 e. The minimum atomic E-state index is -0.236. The fraction of sp³-hybridized carbons (Fsp3) is 0.348. The van der Waals surface area contributed by atoms with E-state index < -0.39 is 0 Å². The number of rotatable bonds is 8. The van der Waals surface area contributed by atoms with E-state index in [1.807, 2.05) is 0 Å². The van der Waals surface area contributed by atoms with E-state index in [2.05, 4.69) is 21.9 Å². The number of anilines is 1. The van der Waals surface area contributed by atoms with Crippen LogP contribution in [0, 0.1) is 0 Å². The third kappa shape index (κ3) is 4.64. The van der Waals surface area contributed by atoms with E-state index in [-0.39, 0.29) is 36.7 Å². The zero-order chi connectivity index (χ0) is 23.5. The summed E-state index contributed by atoms with van der Waals surface area (Å²) in [6.45, 7) is 4.77. The molecule has 0 bridgehead atoms. The molecule has 0 saturated carbocycles. The van der Waals surface area contributed by atoms with Crippen molar-refractivity contribution in [3.63, 3.8) is 0 Å². The quantitative estimate of drug-likeness (QED) is 0.375. The lowest BCUT2D eigenvalue weighted by molar-refractivity contribution is -0.116. The van der Waals surface area contributed by atoms with E-state index in [1.54, 1.807) is 36.5 Å². The Morgan fingerprint density at radius 2 is 2.18 bits per heavy atom. The number of aryl methyl sites for hydroxylation is 1. The topological polar surface area (TPSA) is 115 Å². The van der Waals surface area contributed by atoms with Gasteiger partial charge in [-0.1, -0.05) is 12.2 Å². The van der Waals surface area contributed by atoms with Crippen LogP contribution in [0.15, 0.2) is 35.5 Å². The molecule has 33 heavy (non-hydrogen) atoms. The highest BCUT2D eigenvalue weighted by molar-refractivity contribution is 6.03. The van der Waals surface area contributed by atoms with Gasteiger partial charge in [-0.3, -0.25) is 19.4 Å². The monoisotopic (exact) mass is 451 g/mol. The van der Waals surface area contributed by atoms with E-state index in [0.717, 1.165) is 5.57 Å². The molecule has 10 heteroatoms. The maximum Gasteiger partial charge on any atom is 0.257 e. The Labute approximate surface area is 190 Å². The van der Waals surface area contributed by atoms with Gasteiger partial charge in [-0.25, -0.2) is 4.98 Å². The van der Waals surface area contributed by atoms with Crippen molar-refractivity contribution in [2.75, 3.05) is 25.6 Å². The van der Waals surface area contributed by atoms with E-state index in [1.165, 1.54) is 11.7 Å². The van der Waals surface area contributed by atoms with E-state index >= 15 is 0 Å². The average Bonchev–Trinajstić information content (AvgIpc) is 3.32. The van der Waals surface area contributed by atoms with Crippen LogP contribution in [0.5, 0.6) is 11.5 Å². The molecule has 2 amide bonds. The van der Waals surface area contributed by atoms with E-state index in [4.69, 9.17) is 9.47 Å². The normalized spacial score (nSPS) is 16.8. The van der Waals surface area contributed by atoms with Gasteiger partial charge in [0.2, 0.25) is 5.91 Å². The van der Waals surface area contributed by atoms with Gasteiger partial charge in [-0.05, 0) is 18.9 Å². The number of carbonyl (C=O) groups is 3. The number of aldehydes is 1. The number of methoxy groups -OCH3 is 1. The first kappa shape index (κ1) is 22.3. The van der Waals surface area contributed by atoms with Crippen LogP contribution in [0.2, 0.25) is 0 Å². The first-order chi connectivity index (χ1) is 15.9. The van der Waals surface area contributed by atoms with Gasteiger partial charge in [0, 0.05) is 38.5 Å². The highest BCUT2D eigenvalue weighted by Gasteiger charge is 2.34. The van der Waals surface area contributed by atoms with Gasteiger partial charge >= 0.3 is 0 Å². The van der Waals surface area contributed by atoms with Crippen molar-refractivity contribution in [1.82, 2.24) is 14.5 Å². The minimum absolute atomic E-state index is 0.0898. The maximum atomic E-state index is 13.0. The van der Waals surface area contributed by atoms with Gasteiger partial charge in [-0.2, -0.15) is 0 Å². The van der Waals surface area contributed by atoms with Crippen LogP contribution in [0.3, 0.4) is 0 Å². The molecule has 0 aliphatic carbocycles. The Bertz CT molecular complexity index is 1150. The van der Waals surface area contributed by atoms with E-state index in [0.29, 0.717) is 54.2 Å². The van der Waals surface area contributed by atoms with Crippen molar-refractivity contribution in [3.05, 3.63) is 41.9 Å². The van der Waals surface area contributed by atoms with Gasteiger partial charge < -0.3 is 24.3 Å². The lowest BCUT2D eigenvalue weighted by Gasteiger charge is -2.20. The zero-order valence-electron chi connectivity index (χ0n) is 18.5. The van der Waals surface area contributed by atoms with Crippen molar-refractivity contribution in [2.24, 2.45) is 12.0 Å². The van der Waals surface area contributed by atoms with Crippen molar-refractivity contribution in [3.8, 4) is 11.5 Å². The second-order valence-corrected chi connectivity index (χ2v) is 7.97. The SMILES string of the molecule is C=C1CC2C=Nc3cc(OCCCC(=O)Nc4cn(C)c(C=O)n4)c(OC)cc3C(=O)N2C1. The van der Waals surface area contributed by atoms with Gasteiger partial charge in [-0.15, -0.1) is 0 Å². The number of hydrogen-bond donors (Lipinski definition) is 1. The Morgan fingerprint density at radius 3 is 2.91 bits per heavy atom. The Balaban J connectivity index is 1.37. The summed E-state index contributed by atoms with van der Waals surface area (Å²) in [5, 5.41) is 2.66. The molecule has 4 rings (SSSR count). The number of fused-ring (bicyclic) bond motifs is 2. The molecule has 3 heterocycles. The molecule has 2 aliphatic heterocycles. The molecule has 1 fully saturated rings. The Hall–Kier alpha value is -3.95. The summed E-state index contributed by atoms with van der Waals surface area (Å²) in [4.78, 5) is 46.3. The molecule has 1 unspecified atom stereocenters. The van der Waals surface area contributed by atoms with Crippen molar-refractivity contribution in [2.45, 2.75) is 25.3 Å². The molecule has 10 nitrogen and oxygen atoms in total. The molecule has 0 radical (unpaired) electrons. The minimum Gasteiger partial charge on any atom is -0.493 e.